The van der Waals surface area contributed by atoms with Crippen LogP contribution in [0.3, 0.4) is 0 Å². The summed E-state index contributed by atoms with van der Waals surface area (Å²) in [5.41, 5.74) is -1.17. The summed E-state index contributed by atoms with van der Waals surface area (Å²) in [6, 6.07) is 0. The molecule has 0 saturated carbocycles. The van der Waals surface area contributed by atoms with E-state index in [-0.39, 0.29) is 18.4 Å². The van der Waals surface area contributed by atoms with Crippen molar-refractivity contribution in [2.75, 3.05) is 6.61 Å². The van der Waals surface area contributed by atoms with E-state index in [1.807, 2.05) is 6.92 Å². The van der Waals surface area contributed by atoms with Gasteiger partial charge in [0.2, 0.25) is 5.91 Å². The topological polar surface area (TPSA) is 75.6 Å². The maximum atomic E-state index is 11.9. The van der Waals surface area contributed by atoms with E-state index < -0.39 is 11.5 Å². The van der Waals surface area contributed by atoms with Crippen molar-refractivity contribution >= 4 is 11.9 Å². The molecular weight excluding hydrogens is 234 g/mol. The van der Waals surface area contributed by atoms with Gasteiger partial charge in [0.25, 0.3) is 0 Å². The minimum Gasteiger partial charge on any atom is -0.480 e. The van der Waals surface area contributed by atoms with Gasteiger partial charge in [0.1, 0.15) is 5.54 Å². The van der Waals surface area contributed by atoms with Crippen LogP contribution in [-0.2, 0) is 14.3 Å². The summed E-state index contributed by atoms with van der Waals surface area (Å²) in [4.78, 5) is 23.0. The average molecular weight is 257 g/mol. The molecular formula is C13H23NO4. The van der Waals surface area contributed by atoms with Crippen LogP contribution in [0.5, 0.6) is 0 Å². The van der Waals surface area contributed by atoms with Crippen LogP contribution in [0.1, 0.15) is 52.4 Å². The van der Waals surface area contributed by atoms with Gasteiger partial charge in [-0.25, -0.2) is 4.79 Å². The Bertz CT molecular complexity index is 299. The molecule has 2 unspecified atom stereocenters. The van der Waals surface area contributed by atoms with Gasteiger partial charge in [-0.3, -0.25) is 4.79 Å². The molecule has 2 atom stereocenters. The second kappa shape index (κ2) is 6.73. The van der Waals surface area contributed by atoms with Crippen molar-refractivity contribution in [3.8, 4) is 0 Å². The van der Waals surface area contributed by atoms with E-state index in [2.05, 4.69) is 5.32 Å². The molecule has 1 fully saturated rings. The lowest BCUT2D eigenvalue weighted by Crippen LogP contribution is -2.52. The first-order valence-corrected chi connectivity index (χ1v) is 6.64. The summed E-state index contributed by atoms with van der Waals surface area (Å²) in [6.45, 7) is 4.15. The Hall–Kier alpha value is -1.10. The number of amides is 1. The average Bonchev–Trinajstić information content (AvgIpc) is 2.30. The van der Waals surface area contributed by atoms with Gasteiger partial charge in [-0.05, 0) is 32.6 Å². The first-order valence-electron chi connectivity index (χ1n) is 6.64. The van der Waals surface area contributed by atoms with Crippen molar-refractivity contribution in [2.24, 2.45) is 0 Å². The van der Waals surface area contributed by atoms with Crippen LogP contribution in [0.2, 0.25) is 0 Å². The molecule has 0 bridgehead atoms. The van der Waals surface area contributed by atoms with Crippen LogP contribution in [0, 0.1) is 0 Å². The summed E-state index contributed by atoms with van der Waals surface area (Å²) >= 11 is 0. The molecule has 5 nitrogen and oxygen atoms in total. The SMILES string of the molecule is CCCC(C)(NC(=O)CC1CCCCO1)C(=O)O. The van der Waals surface area contributed by atoms with Gasteiger partial charge in [0.15, 0.2) is 0 Å². The Kier molecular flexibility index (Phi) is 5.59. The lowest BCUT2D eigenvalue weighted by atomic mass is 9.95. The van der Waals surface area contributed by atoms with Gasteiger partial charge < -0.3 is 15.2 Å². The Labute approximate surface area is 108 Å². The predicted octanol–water partition coefficient (Wildman–Crippen LogP) is 1.71. The standard InChI is InChI=1S/C13H23NO4/c1-3-7-13(2,12(16)17)14-11(15)9-10-6-4-5-8-18-10/h10H,3-9H2,1-2H3,(H,14,15)(H,16,17). The van der Waals surface area contributed by atoms with E-state index in [1.54, 1.807) is 6.92 Å². The summed E-state index contributed by atoms with van der Waals surface area (Å²) < 4.78 is 5.48. The number of hydrogen-bond acceptors (Lipinski definition) is 3. The minimum absolute atomic E-state index is 0.0570. The van der Waals surface area contributed by atoms with Crippen molar-refractivity contribution in [1.82, 2.24) is 5.32 Å². The zero-order valence-electron chi connectivity index (χ0n) is 11.2. The monoisotopic (exact) mass is 257 g/mol. The van der Waals surface area contributed by atoms with E-state index in [0.717, 1.165) is 19.3 Å². The summed E-state index contributed by atoms with van der Waals surface area (Å²) in [7, 11) is 0. The Morgan fingerprint density at radius 1 is 1.44 bits per heavy atom. The molecule has 0 aromatic rings. The van der Waals surface area contributed by atoms with Crippen LogP contribution in [0.25, 0.3) is 0 Å². The molecule has 18 heavy (non-hydrogen) atoms. The summed E-state index contributed by atoms with van der Waals surface area (Å²) in [5.74, 6) is -1.22. The fourth-order valence-corrected chi connectivity index (χ4v) is 2.26. The van der Waals surface area contributed by atoms with Crippen molar-refractivity contribution in [3.63, 3.8) is 0 Å². The van der Waals surface area contributed by atoms with Gasteiger partial charge >= 0.3 is 5.97 Å². The molecule has 1 saturated heterocycles. The number of carboxylic acid groups (broad SMARTS) is 1. The van der Waals surface area contributed by atoms with Gasteiger partial charge in [0.05, 0.1) is 12.5 Å². The highest BCUT2D eigenvalue weighted by Crippen LogP contribution is 2.17. The van der Waals surface area contributed by atoms with Gasteiger partial charge in [-0.2, -0.15) is 0 Å². The van der Waals surface area contributed by atoms with Crippen molar-refractivity contribution < 1.29 is 19.4 Å². The minimum atomic E-state index is -1.17. The van der Waals surface area contributed by atoms with Gasteiger partial charge in [-0.15, -0.1) is 0 Å². The second-order valence-corrected chi connectivity index (χ2v) is 5.13. The maximum absolute atomic E-state index is 11.9. The number of carbonyl (C=O) groups is 2. The number of aliphatic carboxylic acids is 1. The van der Waals surface area contributed by atoms with Crippen molar-refractivity contribution in [3.05, 3.63) is 0 Å². The number of nitrogens with one attached hydrogen (secondary N) is 1. The fraction of sp³-hybridized carbons (Fsp3) is 0.846. The van der Waals surface area contributed by atoms with E-state index in [1.165, 1.54) is 0 Å². The van der Waals surface area contributed by atoms with Crippen molar-refractivity contribution in [1.29, 1.82) is 0 Å². The van der Waals surface area contributed by atoms with Gasteiger partial charge in [-0.1, -0.05) is 13.3 Å². The van der Waals surface area contributed by atoms with Gasteiger partial charge in [0, 0.05) is 6.61 Å². The molecule has 1 amide bonds. The molecule has 2 N–H and O–H groups in total. The zero-order valence-corrected chi connectivity index (χ0v) is 11.2. The third-order valence-corrected chi connectivity index (χ3v) is 3.32. The largest absolute Gasteiger partial charge is 0.480 e. The van der Waals surface area contributed by atoms with Crippen LogP contribution in [-0.4, -0.2) is 35.2 Å². The molecule has 0 radical (unpaired) electrons. The number of hydrogen-bond donors (Lipinski definition) is 2. The lowest BCUT2D eigenvalue weighted by Gasteiger charge is -2.28. The van der Waals surface area contributed by atoms with E-state index in [4.69, 9.17) is 4.74 Å². The van der Waals surface area contributed by atoms with E-state index in [9.17, 15) is 14.7 Å². The fourth-order valence-electron chi connectivity index (χ4n) is 2.26. The molecule has 0 aromatic heterocycles. The quantitative estimate of drug-likeness (QED) is 0.759. The highest BCUT2D eigenvalue weighted by molar-refractivity contribution is 5.86. The molecule has 0 aromatic carbocycles. The number of ether oxygens (including phenoxy) is 1. The predicted molar refractivity (Wildman–Crippen MR) is 67.3 cm³/mol. The molecule has 1 rings (SSSR count). The highest BCUT2D eigenvalue weighted by Gasteiger charge is 2.34. The molecule has 1 aliphatic rings. The Morgan fingerprint density at radius 2 is 2.17 bits per heavy atom. The van der Waals surface area contributed by atoms with Crippen LogP contribution in [0.15, 0.2) is 0 Å². The summed E-state index contributed by atoms with van der Waals surface area (Å²) in [5, 5.41) is 11.8. The van der Waals surface area contributed by atoms with E-state index >= 15 is 0 Å². The number of carbonyl (C=O) groups excluding carboxylic acids is 1. The Morgan fingerprint density at radius 3 is 2.67 bits per heavy atom. The van der Waals surface area contributed by atoms with Crippen LogP contribution in [0.4, 0.5) is 0 Å². The normalized spacial score (nSPS) is 23.1. The molecule has 104 valence electrons. The molecule has 1 heterocycles. The lowest BCUT2D eigenvalue weighted by molar-refractivity contribution is -0.147. The zero-order chi connectivity index (χ0) is 13.6. The third kappa shape index (κ3) is 4.29. The maximum Gasteiger partial charge on any atom is 0.329 e. The van der Waals surface area contributed by atoms with Crippen LogP contribution >= 0.6 is 0 Å². The highest BCUT2D eigenvalue weighted by atomic mass is 16.5. The Balaban J connectivity index is 2.48. The first-order chi connectivity index (χ1) is 8.48. The summed E-state index contributed by atoms with van der Waals surface area (Å²) in [6.07, 6.45) is 4.34. The molecule has 0 aliphatic carbocycles. The number of carboxylic acids is 1. The first kappa shape index (κ1) is 15.0. The number of rotatable bonds is 6. The van der Waals surface area contributed by atoms with Crippen molar-refractivity contribution in [2.45, 2.75) is 64.0 Å². The smallest absolute Gasteiger partial charge is 0.329 e. The molecule has 0 spiro atoms. The molecule has 1 aliphatic heterocycles. The van der Waals surface area contributed by atoms with E-state index in [0.29, 0.717) is 19.4 Å². The van der Waals surface area contributed by atoms with Crippen LogP contribution < -0.4 is 5.32 Å². The second-order valence-electron chi connectivity index (χ2n) is 5.13. The molecule has 5 heteroatoms. The third-order valence-electron chi connectivity index (χ3n) is 3.32.